The molecule has 0 amide bonds. The number of hydrogen-bond acceptors (Lipinski definition) is 3. The average Bonchev–Trinajstić information content (AvgIpc) is 2.89. The Labute approximate surface area is 128 Å². The minimum absolute atomic E-state index is 0.214. The molecule has 4 nitrogen and oxygen atoms in total. The Morgan fingerprint density at radius 1 is 1.10 bits per heavy atom. The second-order valence-corrected chi connectivity index (χ2v) is 5.71. The van der Waals surface area contributed by atoms with Crippen molar-refractivity contribution < 1.29 is 19.5 Å². The van der Waals surface area contributed by atoms with Gasteiger partial charge in [0.2, 0.25) is 6.79 Å². The van der Waals surface area contributed by atoms with Crippen molar-refractivity contribution in [3.05, 3.63) is 52.5 Å². The fourth-order valence-corrected chi connectivity index (χ4v) is 2.58. The second-order valence-electron chi connectivity index (χ2n) is 5.27. The van der Waals surface area contributed by atoms with Gasteiger partial charge in [-0.25, -0.2) is 0 Å². The highest BCUT2D eigenvalue weighted by Gasteiger charge is 2.18. The van der Waals surface area contributed by atoms with Crippen molar-refractivity contribution in [3.8, 4) is 17.2 Å². The third kappa shape index (κ3) is 3.23. The van der Waals surface area contributed by atoms with Crippen LogP contribution < -0.4 is 14.4 Å². The minimum Gasteiger partial charge on any atom is -0.507 e. The number of hydrogen-bond donors (Lipinski definition) is 2. The molecule has 1 aliphatic rings. The first-order chi connectivity index (χ1) is 10.1. The second kappa shape index (κ2) is 5.84. The quantitative estimate of drug-likeness (QED) is 0.908. The molecule has 1 unspecified atom stereocenters. The fraction of sp³-hybridized carbons (Fsp3) is 0.250. The van der Waals surface area contributed by atoms with E-state index in [2.05, 4.69) is 7.05 Å². The van der Waals surface area contributed by atoms with Gasteiger partial charge in [-0.3, -0.25) is 0 Å². The number of phenolic OH excluding ortho intramolecular Hbond substituents is 1. The summed E-state index contributed by atoms with van der Waals surface area (Å²) in [6.45, 7) is 1.77. The molecule has 0 radical (unpaired) electrons. The van der Waals surface area contributed by atoms with E-state index in [1.54, 1.807) is 6.07 Å². The summed E-state index contributed by atoms with van der Waals surface area (Å²) >= 11 is 5.89. The summed E-state index contributed by atoms with van der Waals surface area (Å²) in [6.07, 6.45) is 0. The van der Waals surface area contributed by atoms with E-state index in [0.29, 0.717) is 18.0 Å². The molecule has 0 saturated carbocycles. The van der Waals surface area contributed by atoms with Gasteiger partial charge in [0.05, 0.1) is 12.6 Å². The van der Waals surface area contributed by atoms with Crippen molar-refractivity contribution in [3.63, 3.8) is 0 Å². The number of nitrogens with one attached hydrogen (secondary N) is 1. The molecular weight excluding hydrogens is 290 g/mol. The Hall–Kier alpha value is -1.91. The van der Waals surface area contributed by atoms with E-state index < -0.39 is 0 Å². The first-order valence-corrected chi connectivity index (χ1v) is 7.17. The van der Waals surface area contributed by atoms with Crippen LogP contribution in [0.5, 0.6) is 17.2 Å². The highest BCUT2D eigenvalue weighted by Crippen LogP contribution is 2.37. The van der Waals surface area contributed by atoms with Crippen LogP contribution in [0.2, 0.25) is 5.02 Å². The smallest absolute Gasteiger partial charge is 0.231 e. The Kier molecular flexibility index (Phi) is 3.90. The monoisotopic (exact) mass is 306 g/mol. The average molecular weight is 307 g/mol. The van der Waals surface area contributed by atoms with Crippen LogP contribution in [0.15, 0.2) is 36.4 Å². The lowest BCUT2D eigenvalue weighted by Gasteiger charge is -2.15. The lowest BCUT2D eigenvalue weighted by molar-refractivity contribution is -0.907. The van der Waals surface area contributed by atoms with Gasteiger partial charge in [-0.2, -0.15) is 0 Å². The van der Waals surface area contributed by atoms with Crippen molar-refractivity contribution in [2.24, 2.45) is 0 Å². The first kappa shape index (κ1) is 14.0. The highest BCUT2D eigenvalue weighted by molar-refractivity contribution is 6.30. The van der Waals surface area contributed by atoms with Crippen molar-refractivity contribution >= 4 is 11.6 Å². The topological polar surface area (TPSA) is 43.1 Å². The SMILES string of the molecule is C[NH+](Cc1ccc(Cl)cc1)Cc1cc2c(cc1O)OCO2. The first-order valence-electron chi connectivity index (χ1n) is 6.79. The summed E-state index contributed by atoms with van der Waals surface area (Å²) in [5.41, 5.74) is 2.06. The molecule has 0 spiro atoms. The number of quaternary nitrogens is 1. The van der Waals surface area contributed by atoms with Crippen LogP contribution in [0.25, 0.3) is 0 Å². The lowest BCUT2D eigenvalue weighted by Crippen LogP contribution is -3.06. The van der Waals surface area contributed by atoms with Crippen molar-refractivity contribution in [1.29, 1.82) is 0 Å². The van der Waals surface area contributed by atoms with Crippen LogP contribution in [0.1, 0.15) is 11.1 Å². The molecule has 0 saturated heterocycles. The Bertz CT molecular complexity index is 643. The number of rotatable bonds is 4. The largest absolute Gasteiger partial charge is 0.507 e. The molecule has 1 aliphatic heterocycles. The third-order valence-electron chi connectivity index (χ3n) is 3.49. The van der Waals surface area contributed by atoms with Crippen LogP contribution in [0.3, 0.4) is 0 Å². The van der Waals surface area contributed by atoms with Gasteiger partial charge in [-0.05, 0) is 18.2 Å². The van der Waals surface area contributed by atoms with E-state index in [9.17, 15) is 5.11 Å². The van der Waals surface area contributed by atoms with Crippen LogP contribution in [0.4, 0.5) is 0 Å². The molecule has 0 aromatic heterocycles. The van der Waals surface area contributed by atoms with Gasteiger partial charge in [0.25, 0.3) is 0 Å². The third-order valence-corrected chi connectivity index (χ3v) is 3.74. The molecule has 3 rings (SSSR count). The van der Waals surface area contributed by atoms with E-state index in [1.807, 2.05) is 30.3 Å². The van der Waals surface area contributed by atoms with E-state index in [1.165, 1.54) is 10.5 Å². The van der Waals surface area contributed by atoms with Crippen LogP contribution in [-0.2, 0) is 13.1 Å². The van der Waals surface area contributed by atoms with E-state index >= 15 is 0 Å². The summed E-state index contributed by atoms with van der Waals surface area (Å²) in [6, 6.07) is 11.3. The molecule has 5 heteroatoms. The zero-order valence-electron chi connectivity index (χ0n) is 11.7. The Balaban J connectivity index is 1.70. The molecule has 2 N–H and O–H groups in total. The van der Waals surface area contributed by atoms with Crippen LogP contribution >= 0.6 is 11.6 Å². The normalized spacial score (nSPS) is 14.2. The maximum Gasteiger partial charge on any atom is 0.231 e. The van der Waals surface area contributed by atoms with E-state index in [0.717, 1.165) is 17.1 Å². The molecule has 0 fully saturated rings. The number of fused-ring (bicyclic) bond motifs is 1. The molecule has 1 atom stereocenters. The molecule has 1 heterocycles. The summed E-state index contributed by atoms with van der Waals surface area (Å²) in [4.78, 5) is 1.26. The Morgan fingerprint density at radius 2 is 1.76 bits per heavy atom. The number of ether oxygens (including phenoxy) is 2. The van der Waals surface area contributed by atoms with Gasteiger partial charge in [-0.1, -0.05) is 23.7 Å². The predicted molar refractivity (Wildman–Crippen MR) is 80.0 cm³/mol. The van der Waals surface area contributed by atoms with E-state index in [4.69, 9.17) is 21.1 Å². The number of halogens is 1. The lowest BCUT2D eigenvalue weighted by atomic mass is 10.1. The molecule has 21 heavy (non-hydrogen) atoms. The number of phenols is 1. The van der Waals surface area contributed by atoms with Gasteiger partial charge in [-0.15, -0.1) is 0 Å². The molecular formula is C16H17ClNO3+. The van der Waals surface area contributed by atoms with Gasteiger partial charge < -0.3 is 19.5 Å². The summed E-state index contributed by atoms with van der Waals surface area (Å²) < 4.78 is 10.6. The van der Waals surface area contributed by atoms with Gasteiger partial charge >= 0.3 is 0 Å². The number of benzene rings is 2. The van der Waals surface area contributed by atoms with Crippen LogP contribution in [0, 0.1) is 0 Å². The minimum atomic E-state index is 0.214. The van der Waals surface area contributed by atoms with Crippen molar-refractivity contribution in [2.45, 2.75) is 13.1 Å². The summed E-state index contributed by atoms with van der Waals surface area (Å²) in [5.74, 6) is 1.54. The molecule has 0 bridgehead atoms. The van der Waals surface area contributed by atoms with E-state index in [-0.39, 0.29) is 12.5 Å². The number of aromatic hydroxyl groups is 1. The van der Waals surface area contributed by atoms with Gasteiger partial charge in [0.1, 0.15) is 18.8 Å². The van der Waals surface area contributed by atoms with Crippen LogP contribution in [-0.4, -0.2) is 18.9 Å². The molecule has 2 aromatic carbocycles. The van der Waals surface area contributed by atoms with Crippen molar-refractivity contribution in [2.75, 3.05) is 13.8 Å². The van der Waals surface area contributed by atoms with Gasteiger partial charge in [0, 0.05) is 16.7 Å². The highest BCUT2D eigenvalue weighted by atomic mass is 35.5. The Morgan fingerprint density at radius 3 is 2.48 bits per heavy atom. The fourth-order valence-electron chi connectivity index (χ4n) is 2.45. The zero-order chi connectivity index (χ0) is 14.8. The predicted octanol–water partition coefficient (Wildman–Crippen LogP) is 1.99. The summed E-state index contributed by atoms with van der Waals surface area (Å²) in [7, 11) is 2.08. The molecule has 110 valence electrons. The zero-order valence-corrected chi connectivity index (χ0v) is 12.5. The molecule has 2 aromatic rings. The maximum absolute atomic E-state index is 10.1. The van der Waals surface area contributed by atoms with Crippen molar-refractivity contribution in [1.82, 2.24) is 0 Å². The van der Waals surface area contributed by atoms with Gasteiger partial charge in [0.15, 0.2) is 11.5 Å². The maximum atomic E-state index is 10.1. The summed E-state index contributed by atoms with van der Waals surface area (Å²) in [5, 5.41) is 10.8. The molecule has 0 aliphatic carbocycles. The standard InChI is InChI=1S/C16H16ClNO3/c1-18(8-11-2-4-13(17)5-3-11)9-12-6-15-16(7-14(12)19)21-10-20-15/h2-7,19H,8-10H2,1H3/p+1.